The van der Waals surface area contributed by atoms with Crippen molar-refractivity contribution in [2.45, 2.75) is 6.42 Å². The van der Waals surface area contributed by atoms with Crippen molar-refractivity contribution in [3.8, 4) is 11.8 Å². The van der Waals surface area contributed by atoms with Crippen LogP contribution in [0.3, 0.4) is 0 Å². The summed E-state index contributed by atoms with van der Waals surface area (Å²) < 4.78 is 10.5. The smallest absolute Gasteiger partial charge is 0.330 e. The molecule has 1 heterocycles. The van der Waals surface area contributed by atoms with Gasteiger partial charge in [-0.05, 0) is 35.4 Å². The van der Waals surface area contributed by atoms with Gasteiger partial charge in [0.2, 0.25) is 0 Å². The summed E-state index contributed by atoms with van der Waals surface area (Å²) in [6.07, 6.45) is 10.6. The summed E-state index contributed by atoms with van der Waals surface area (Å²) >= 11 is 0. The van der Waals surface area contributed by atoms with Crippen molar-refractivity contribution >= 4 is 17.8 Å². The molecule has 0 bridgehead atoms. The first-order chi connectivity index (χ1) is 12.2. The van der Waals surface area contributed by atoms with E-state index in [1.54, 1.807) is 18.4 Å². The van der Waals surface area contributed by atoms with Crippen LogP contribution < -0.4 is 4.74 Å². The SMILES string of the molecule is C=CC(=O)OCCCOc1ccc(C2=CC=N/C(C#N)=C\C=C2)cc1. The number of benzene rings is 1. The number of nitriles is 1. The monoisotopic (exact) mass is 334 g/mol. The lowest BCUT2D eigenvalue weighted by atomic mass is 10.0. The molecule has 25 heavy (non-hydrogen) atoms. The Morgan fingerprint density at radius 1 is 1.24 bits per heavy atom. The van der Waals surface area contributed by atoms with E-state index in [1.165, 1.54) is 0 Å². The number of nitrogens with zero attached hydrogens (tertiary/aromatic N) is 2. The van der Waals surface area contributed by atoms with Gasteiger partial charge >= 0.3 is 5.97 Å². The second-order valence-corrected chi connectivity index (χ2v) is 5.02. The van der Waals surface area contributed by atoms with E-state index >= 15 is 0 Å². The molecule has 2 rings (SSSR count). The third-order valence-electron chi connectivity index (χ3n) is 3.27. The average molecular weight is 334 g/mol. The van der Waals surface area contributed by atoms with Gasteiger partial charge in [-0.2, -0.15) is 5.26 Å². The van der Waals surface area contributed by atoms with Gasteiger partial charge < -0.3 is 9.47 Å². The number of esters is 1. The average Bonchev–Trinajstić information content (AvgIpc) is 2.62. The lowest BCUT2D eigenvalue weighted by molar-refractivity contribution is -0.137. The van der Waals surface area contributed by atoms with Gasteiger partial charge in [-0.15, -0.1) is 0 Å². The lowest BCUT2D eigenvalue weighted by Crippen LogP contribution is -2.06. The minimum atomic E-state index is -0.426. The zero-order valence-corrected chi connectivity index (χ0v) is 13.7. The maximum absolute atomic E-state index is 10.9. The number of hydrogen-bond donors (Lipinski definition) is 0. The van der Waals surface area contributed by atoms with Crippen molar-refractivity contribution < 1.29 is 14.3 Å². The highest BCUT2D eigenvalue weighted by molar-refractivity contribution is 5.89. The second-order valence-electron chi connectivity index (χ2n) is 5.02. The van der Waals surface area contributed by atoms with Crippen LogP contribution in [0.4, 0.5) is 0 Å². The van der Waals surface area contributed by atoms with Crippen LogP contribution in [0.2, 0.25) is 0 Å². The first kappa shape index (κ1) is 18.0. The summed E-state index contributed by atoms with van der Waals surface area (Å²) in [4.78, 5) is 14.9. The third kappa shape index (κ3) is 5.96. The van der Waals surface area contributed by atoms with E-state index < -0.39 is 5.97 Å². The maximum atomic E-state index is 10.9. The van der Waals surface area contributed by atoms with Crippen LogP contribution in [0.15, 0.2) is 71.9 Å². The van der Waals surface area contributed by atoms with Crippen molar-refractivity contribution in [3.05, 3.63) is 72.5 Å². The Morgan fingerprint density at radius 2 is 2.04 bits per heavy atom. The van der Waals surface area contributed by atoms with Crippen LogP contribution >= 0.6 is 0 Å². The van der Waals surface area contributed by atoms with Gasteiger partial charge in [-0.25, -0.2) is 9.79 Å². The molecule has 0 aliphatic carbocycles. The molecule has 0 radical (unpaired) electrons. The van der Waals surface area contributed by atoms with Gasteiger partial charge in [0.25, 0.3) is 0 Å². The quantitative estimate of drug-likeness (QED) is 0.434. The van der Waals surface area contributed by atoms with Crippen LogP contribution in [0.5, 0.6) is 5.75 Å². The fraction of sp³-hybridized carbons (Fsp3) is 0.150. The minimum absolute atomic E-state index is 0.304. The minimum Gasteiger partial charge on any atom is -0.493 e. The van der Waals surface area contributed by atoms with Gasteiger partial charge in [0.05, 0.1) is 13.2 Å². The highest BCUT2D eigenvalue weighted by Gasteiger charge is 2.01. The molecule has 1 aliphatic rings. The molecule has 1 aromatic carbocycles. The highest BCUT2D eigenvalue weighted by atomic mass is 16.5. The molecule has 1 aromatic rings. The van der Waals surface area contributed by atoms with E-state index in [4.69, 9.17) is 14.7 Å². The van der Waals surface area contributed by atoms with Crippen LogP contribution in [0.1, 0.15) is 12.0 Å². The first-order valence-electron chi connectivity index (χ1n) is 7.78. The molecular formula is C20H18N2O3. The summed E-state index contributed by atoms with van der Waals surface area (Å²) in [7, 11) is 0. The Morgan fingerprint density at radius 3 is 2.76 bits per heavy atom. The topological polar surface area (TPSA) is 71.7 Å². The van der Waals surface area contributed by atoms with Crippen molar-refractivity contribution in [2.24, 2.45) is 4.99 Å². The molecule has 126 valence electrons. The van der Waals surface area contributed by atoms with Gasteiger partial charge in [0, 0.05) is 18.7 Å². The molecular weight excluding hydrogens is 316 g/mol. The summed E-state index contributed by atoms with van der Waals surface area (Å²) in [5, 5.41) is 8.84. The number of carbonyl (C=O) groups is 1. The van der Waals surface area contributed by atoms with Crippen molar-refractivity contribution in [2.75, 3.05) is 13.2 Å². The predicted octanol–water partition coefficient (Wildman–Crippen LogP) is 3.62. The van der Waals surface area contributed by atoms with Gasteiger partial charge in [0.15, 0.2) is 0 Å². The molecule has 0 saturated heterocycles. The number of hydrogen-bond acceptors (Lipinski definition) is 5. The number of carbonyl (C=O) groups excluding carboxylic acids is 1. The Hall–Kier alpha value is -3.39. The fourth-order valence-electron chi connectivity index (χ4n) is 2.02. The van der Waals surface area contributed by atoms with Crippen LogP contribution in [-0.2, 0) is 9.53 Å². The molecule has 0 aromatic heterocycles. The van der Waals surface area contributed by atoms with E-state index in [0.717, 1.165) is 23.0 Å². The van der Waals surface area contributed by atoms with Crippen molar-refractivity contribution in [1.29, 1.82) is 5.26 Å². The molecule has 5 heteroatoms. The van der Waals surface area contributed by atoms with Gasteiger partial charge in [-0.1, -0.05) is 30.9 Å². The number of allylic oxidation sites excluding steroid dienone is 6. The molecule has 0 N–H and O–H groups in total. The maximum Gasteiger partial charge on any atom is 0.330 e. The normalized spacial score (nSPS) is 15.0. The Kier molecular flexibility index (Phi) is 6.95. The lowest BCUT2D eigenvalue weighted by Gasteiger charge is -2.08. The molecule has 0 spiro atoms. The Labute approximate surface area is 146 Å². The first-order valence-corrected chi connectivity index (χ1v) is 7.78. The highest BCUT2D eigenvalue weighted by Crippen LogP contribution is 2.20. The molecule has 0 saturated carbocycles. The predicted molar refractivity (Wildman–Crippen MR) is 97.0 cm³/mol. The Balaban J connectivity index is 1.87. The van der Waals surface area contributed by atoms with E-state index in [1.807, 2.05) is 42.5 Å². The van der Waals surface area contributed by atoms with E-state index in [-0.39, 0.29) is 0 Å². The van der Waals surface area contributed by atoms with Crippen LogP contribution in [-0.4, -0.2) is 25.4 Å². The zero-order chi connectivity index (χ0) is 17.9. The third-order valence-corrected chi connectivity index (χ3v) is 3.27. The zero-order valence-electron chi connectivity index (χ0n) is 13.7. The summed E-state index contributed by atoms with van der Waals surface area (Å²) in [5.41, 5.74) is 2.37. The van der Waals surface area contributed by atoms with Crippen molar-refractivity contribution in [1.82, 2.24) is 0 Å². The van der Waals surface area contributed by atoms with Crippen LogP contribution in [0.25, 0.3) is 5.57 Å². The van der Waals surface area contributed by atoms with Gasteiger partial charge in [0.1, 0.15) is 17.5 Å². The van der Waals surface area contributed by atoms with Gasteiger partial charge in [-0.3, -0.25) is 0 Å². The number of aliphatic imine (C=N–C) groups is 1. The number of ether oxygens (including phenoxy) is 2. The molecule has 0 fully saturated rings. The standard InChI is InChI=1S/C20H18N2O3/c1-2-20(23)25-14-4-13-24-19-9-7-17(8-10-19)16-5-3-6-18(15-21)22-12-11-16/h2-3,5-12H,1,4,13-14H2/b5-3?,6-3?,12-11?,16-5?,16-11?,18-6-,22-12?,22-18?. The number of rotatable bonds is 7. The largest absolute Gasteiger partial charge is 0.493 e. The fourth-order valence-corrected chi connectivity index (χ4v) is 2.02. The molecule has 1 aliphatic heterocycles. The Bertz CT molecular complexity index is 778. The summed E-state index contributed by atoms with van der Waals surface area (Å²) in [6, 6.07) is 9.67. The second kappa shape index (κ2) is 9.68. The summed E-state index contributed by atoms with van der Waals surface area (Å²) in [5.74, 6) is 0.319. The van der Waals surface area contributed by atoms with E-state index in [0.29, 0.717) is 25.3 Å². The van der Waals surface area contributed by atoms with Crippen molar-refractivity contribution in [3.63, 3.8) is 0 Å². The molecule has 5 nitrogen and oxygen atoms in total. The molecule has 0 atom stereocenters. The van der Waals surface area contributed by atoms with E-state index in [9.17, 15) is 4.79 Å². The van der Waals surface area contributed by atoms with E-state index in [2.05, 4.69) is 11.6 Å². The van der Waals surface area contributed by atoms with Crippen LogP contribution in [0, 0.1) is 11.3 Å². The summed E-state index contributed by atoms with van der Waals surface area (Å²) in [6.45, 7) is 4.10. The molecule has 0 amide bonds. The molecule has 0 unspecified atom stereocenters.